The van der Waals surface area contributed by atoms with Crippen LogP contribution < -0.4 is 5.32 Å². The summed E-state index contributed by atoms with van der Waals surface area (Å²) in [6, 6.07) is 0.372. The van der Waals surface area contributed by atoms with E-state index in [1.165, 1.54) is 6.42 Å². The summed E-state index contributed by atoms with van der Waals surface area (Å²) >= 11 is 0. The quantitative estimate of drug-likeness (QED) is 0.865. The molecule has 0 unspecified atom stereocenters. The highest BCUT2D eigenvalue weighted by atomic mass is 15.3. The minimum atomic E-state index is 0.372. The lowest BCUT2D eigenvalue weighted by Gasteiger charge is -2.07. The van der Waals surface area contributed by atoms with E-state index in [0.29, 0.717) is 6.04 Å². The lowest BCUT2D eigenvalue weighted by atomic mass is 10.3. The molecule has 2 rings (SSSR count). The number of nitrogens with one attached hydrogen (secondary N) is 1. The van der Waals surface area contributed by atoms with Gasteiger partial charge in [-0.3, -0.25) is 4.68 Å². The number of hydrogen-bond acceptors (Lipinski definition) is 3. The maximum absolute atomic E-state index is 4.53. The van der Waals surface area contributed by atoms with Gasteiger partial charge in [-0.2, -0.15) is 5.10 Å². The van der Waals surface area contributed by atoms with Crippen LogP contribution in [0.3, 0.4) is 0 Å². The highest BCUT2D eigenvalue weighted by Gasteiger charge is 2.07. The molecule has 0 aliphatic rings. The van der Waals surface area contributed by atoms with Crippen LogP contribution in [0.2, 0.25) is 0 Å². The summed E-state index contributed by atoms with van der Waals surface area (Å²) in [5.74, 6) is 0.897. The van der Waals surface area contributed by atoms with E-state index in [2.05, 4.69) is 46.9 Å². The van der Waals surface area contributed by atoms with Crippen molar-refractivity contribution in [1.29, 1.82) is 0 Å². The van der Waals surface area contributed by atoms with Crippen molar-refractivity contribution in [1.82, 2.24) is 19.3 Å². The topological polar surface area (TPSA) is 47.7 Å². The molecular weight excluding hydrogens is 238 g/mol. The molecular formula is C14H23N5. The summed E-state index contributed by atoms with van der Waals surface area (Å²) in [7, 11) is 0. The first-order chi connectivity index (χ1) is 9.10. The monoisotopic (exact) mass is 261 g/mol. The van der Waals surface area contributed by atoms with Gasteiger partial charge in [0, 0.05) is 25.0 Å². The van der Waals surface area contributed by atoms with E-state index in [1.807, 2.05) is 24.0 Å². The molecule has 2 aromatic rings. The SMILES string of the molecule is CCCCn1cc(C)nc1Nc1cnn(C(C)C)c1. The Hall–Kier alpha value is -1.78. The van der Waals surface area contributed by atoms with E-state index in [4.69, 9.17) is 0 Å². The molecule has 0 saturated carbocycles. The van der Waals surface area contributed by atoms with Gasteiger partial charge in [-0.15, -0.1) is 0 Å². The predicted octanol–water partition coefficient (Wildman–Crippen LogP) is 3.51. The Bertz CT molecular complexity index is 524. The van der Waals surface area contributed by atoms with Gasteiger partial charge in [0.25, 0.3) is 0 Å². The second kappa shape index (κ2) is 5.91. The van der Waals surface area contributed by atoms with Crippen molar-refractivity contribution in [3.8, 4) is 0 Å². The minimum absolute atomic E-state index is 0.372. The summed E-state index contributed by atoms with van der Waals surface area (Å²) in [5, 5.41) is 7.67. The van der Waals surface area contributed by atoms with Crippen LogP contribution in [0.15, 0.2) is 18.6 Å². The van der Waals surface area contributed by atoms with Gasteiger partial charge in [-0.05, 0) is 27.2 Å². The number of nitrogens with zero attached hydrogens (tertiary/aromatic N) is 4. The van der Waals surface area contributed by atoms with E-state index in [1.54, 1.807) is 0 Å². The third-order valence-electron chi connectivity index (χ3n) is 3.04. The van der Waals surface area contributed by atoms with Crippen molar-refractivity contribution >= 4 is 11.6 Å². The van der Waals surface area contributed by atoms with Gasteiger partial charge >= 0.3 is 0 Å². The summed E-state index contributed by atoms with van der Waals surface area (Å²) in [6.45, 7) is 9.44. The van der Waals surface area contributed by atoms with Crippen LogP contribution in [-0.4, -0.2) is 19.3 Å². The van der Waals surface area contributed by atoms with E-state index >= 15 is 0 Å². The summed E-state index contributed by atoms with van der Waals surface area (Å²) < 4.78 is 4.11. The average Bonchev–Trinajstić information content (AvgIpc) is 2.94. The highest BCUT2D eigenvalue weighted by molar-refractivity contribution is 5.51. The molecule has 0 atom stereocenters. The summed E-state index contributed by atoms with van der Waals surface area (Å²) in [6.07, 6.45) is 8.29. The number of hydrogen-bond donors (Lipinski definition) is 1. The zero-order chi connectivity index (χ0) is 13.8. The second-order valence-corrected chi connectivity index (χ2v) is 5.18. The van der Waals surface area contributed by atoms with Gasteiger partial charge in [0.15, 0.2) is 0 Å². The molecule has 1 N–H and O–H groups in total. The van der Waals surface area contributed by atoms with E-state index in [9.17, 15) is 0 Å². The highest BCUT2D eigenvalue weighted by Crippen LogP contribution is 2.17. The number of anilines is 2. The molecule has 0 spiro atoms. The fourth-order valence-electron chi connectivity index (χ4n) is 1.96. The van der Waals surface area contributed by atoms with Crippen LogP contribution >= 0.6 is 0 Å². The lowest BCUT2D eigenvalue weighted by molar-refractivity contribution is 0.532. The number of unbranched alkanes of at least 4 members (excludes halogenated alkanes) is 1. The fraction of sp³-hybridized carbons (Fsp3) is 0.571. The van der Waals surface area contributed by atoms with Crippen molar-refractivity contribution in [3.63, 3.8) is 0 Å². The molecule has 0 amide bonds. The molecule has 0 bridgehead atoms. The summed E-state index contributed by atoms with van der Waals surface area (Å²) in [4.78, 5) is 4.53. The van der Waals surface area contributed by atoms with E-state index in [-0.39, 0.29) is 0 Å². The Balaban J connectivity index is 2.12. The Morgan fingerprint density at radius 1 is 1.32 bits per heavy atom. The Kier molecular flexibility index (Phi) is 4.24. The molecule has 19 heavy (non-hydrogen) atoms. The third-order valence-corrected chi connectivity index (χ3v) is 3.04. The van der Waals surface area contributed by atoms with Crippen LogP contribution in [0.25, 0.3) is 0 Å². The van der Waals surface area contributed by atoms with Crippen LogP contribution in [0, 0.1) is 6.92 Å². The van der Waals surface area contributed by atoms with Gasteiger partial charge in [-0.1, -0.05) is 13.3 Å². The second-order valence-electron chi connectivity index (χ2n) is 5.18. The maximum atomic E-state index is 4.53. The molecule has 2 heterocycles. The number of rotatable bonds is 6. The van der Waals surface area contributed by atoms with Crippen molar-refractivity contribution in [2.45, 2.75) is 53.1 Å². The van der Waals surface area contributed by atoms with Gasteiger partial charge in [-0.25, -0.2) is 4.98 Å². The van der Waals surface area contributed by atoms with Gasteiger partial charge < -0.3 is 9.88 Å². The smallest absolute Gasteiger partial charge is 0.207 e. The van der Waals surface area contributed by atoms with Crippen molar-refractivity contribution < 1.29 is 0 Å². The Labute approximate surface area is 114 Å². The third kappa shape index (κ3) is 3.36. The Morgan fingerprint density at radius 2 is 2.11 bits per heavy atom. The first-order valence-electron chi connectivity index (χ1n) is 6.95. The van der Waals surface area contributed by atoms with E-state index in [0.717, 1.165) is 30.3 Å². The number of aryl methyl sites for hydroxylation is 2. The Morgan fingerprint density at radius 3 is 2.74 bits per heavy atom. The molecule has 0 radical (unpaired) electrons. The molecule has 0 aliphatic carbocycles. The molecule has 0 aromatic carbocycles. The molecule has 5 heteroatoms. The number of aromatic nitrogens is 4. The molecule has 5 nitrogen and oxygen atoms in total. The fourth-order valence-corrected chi connectivity index (χ4v) is 1.96. The molecule has 0 fully saturated rings. The normalized spacial score (nSPS) is 11.2. The van der Waals surface area contributed by atoms with Gasteiger partial charge in [0.2, 0.25) is 5.95 Å². The number of imidazole rings is 1. The lowest BCUT2D eigenvalue weighted by Crippen LogP contribution is -2.03. The zero-order valence-corrected chi connectivity index (χ0v) is 12.2. The molecule has 0 saturated heterocycles. The molecule has 0 aliphatic heterocycles. The van der Waals surface area contributed by atoms with Crippen LogP contribution in [0.1, 0.15) is 45.3 Å². The predicted molar refractivity (Wildman–Crippen MR) is 77.8 cm³/mol. The first kappa shape index (κ1) is 13.6. The minimum Gasteiger partial charge on any atom is -0.323 e. The van der Waals surface area contributed by atoms with Crippen LogP contribution in [0.4, 0.5) is 11.6 Å². The van der Waals surface area contributed by atoms with Crippen LogP contribution in [0.5, 0.6) is 0 Å². The maximum Gasteiger partial charge on any atom is 0.207 e. The summed E-state index contributed by atoms with van der Waals surface area (Å²) in [5.41, 5.74) is 2.02. The van der Waals surface area contributed by atoms with Crippen LogP contribution in [-0.2, 0) is 6.54 Å². The van der Waals surface area contributed by atoms with Crippen molar-refractivity contribution in [2.75, 3.05) is 5.32 Å². The standard InChI is InChI=1S/C14H23N5/c1-5-6-7-18-9-12(4)16-14(18)17-13-8-15-19(10-13)11(2)3/h8-11H,5-7H2,1-4H3,(H,16,17). The zero-order valence-electron chi connectivity index (χ0n) is 12.2. The largest absolute Gasteiger partial charge is 0.323 e. The van der Waals surface area contributed by atoms with E-state index < -0.39 is 0 Å². The van der Waals surface area contributed by atoms with Gasteiger partial charge in [0.1, 0.15) is 0 Å². The molecule has 2 aromatic heterocycles. The van der Waals surface area contributed by atoms with Gasteiger partial charge in [0.05, 0.1) is 17.6 Å². The van der Waals surface area contributed by atoms with Crippen molar-refractivity contribution in [3.05, 3.63) is 24.3 Å². The first-order valence-corrected chi connectivity index (χ1v) is 6.95. The average molecular weight is 261 g/mol. The van der Waals surface area contributed by atoms with Crippen molar-refractivity contribution in [2.24, 2.45) is 0 Å². The molecule has 104 valence electrons.